The first-order valence-electron chi connectivity index (χ1n) is 8.17. The summed E-state index contributed by atoms with van der Waals surface area (Å²) in [5.41, 5.74) is 2.36. The van der Waals surface area contributed by atoms with E-state index in [2.05, 4.69) is 19.2 Å². The zero-order valence-electron chi connectivity index (χ0n) is 14.7. The van der Waals surface area contributed by atoms with E-state index < -0.39 is 12.0 Å². The Kier molecular flexibility index (Phi) is 6.17. The molecule has 0 saturated heterocycles. The number of hydrogen-bond donors (Lipinski definition) is 2. The molecule has 0 saturated carbocycles. The molecule has 2 aromatic carbocycles. The van der Waals surface area contributed by atoms with Crippen molar-refractivity contribution in [2.75, 3.05) is 7.11 Å². The van der Waals surface area contributed by atoms with Crippen molar-refractivity contribution in [1.29, 1.82) is 0 Å². The van der Waals surface area contributed by atoms with Crippen molar-refractivity contribution in [3.05, 3.63) is 65.2 Å². The number of carbonyl (C=O) groups is 2. The predicted molar refractivity (Wildman–Crippen MR) is 96.0 cm³/mol. The molecule has 0 aliphatic heterocycles. The van der Waals surface area contributed by atoms with Gasteiger partial charge < -0.3 is 15.2 Å². The summed E-state index contributed by atoms with van der Waals surface area (Å²) in [5.74, 6) is -0.343. The quantitative estimate of drug-likeness (QED) is 0.804. The van der Waals surface area contributed by atoms with Gasteiger partial charge in [0.1, 0.15) is 5.75 Å². The Labute approximate surface area is 147 Å². The third-order valence-electron chi connectivity index (χ3n) is 4.02. The maximum atomic E-state index is 12.5. The van der Waals surface area contributed by atoms with Gasteiger partial charge in [0.2, 0.25) is 0 Å². The van der Waals surface area contributed by atoms with Gasteiger partial charge in [-0.2, -0.15) is 0 Å². The third kappa shape index (κ3) is 5.08. The van der Waals surface area contributed by atoms with Crippen LogP contribution in [0, 0.1) is 0 Å². The van der Waals surface area contributed by atoms with Crippen LogP contribution >= 0.6 is 0 Å². The van der Waals surface area contributed by atoms with Gasteiger partial charge in [0, 0.05) is 5.56 Å². The number of amides is 1. The molecule has 0 unspecified atom stereocenters. The second-order valence-electron chi connectivity index (χ2n) is 6.18. The van der Waals surface area contributed by atoms with Crippen molar-refractivity contribution in [2.24, 2.45) is 0 Å². The molecule has 0 radical (unpaired) electrons. The van der Waals surface area contributed by atoms with Crippen LogP contribution in [0.4, 0.5) is 0 Å². The van der Waals surface area contributed by atoms with E-state index in [0.29, 0.717) is 17.2 Å². The Morgan fingerprint density at radius 3 is 2.28 bits per heavy atom. The normalized spacial score (nSPS) is 11.8. The van der Waals surface area contributed by atoms with Crippen LogP contribution in [0.15, 0.2) is 48.5 Å². The SMILES string of the molecule is COc1cccc(C(=O)N[C@@H](CC(=O)O)c2ccc(C(C)C)cc2)c1. The van der Waals surface area contributed by atoms with Gasteiger partial charge >= 0.3 is 5.97 Å². The van der Waals surface area contributed by atoms with Crippen molar-refractivity contribution in [1.82, 2.24) is 5.32 Å². The summed E-state index contributed by atoms with van der Waals surface area (Å²) in [6, 6.07) is 13.8. The molecule has 2 rings (SSSR count). The van der Waals surface area contributed by atoms with Gasteiger partial charge in [-0.25, -0.2) is 0 Å². The summed E-state index contributed by atoms with van der Waals surface area (Å²) < 4.78 is 5.12. The van der Waals surface area contributed by atoms with Gasteiger partial charge in [-0.1, -0.05) is 44.2 Å². The molecule has 0 aliphatic rings. The summed E-state index contributed by atoms with van der Waals surface area (Å²) in [6.45, 7) is 4.18. The molecular formula is C20H23NO4. The monoisotopic (exact) mass is 341 g/mol. The lowest BCUT2D eigenvalue weighted by Crippen LogP contribution is -2.30. The minimum atomic E-state index is -0.969. The zero-order valence-corrected chi connectivity index (χ0v) is 14.7. The summed E-state index contributed by atoms with van der Waals surface area (Å²) in [7, 11) is 1.53. The molecule has 1 amide bonds. The summed E-state index contributed by atoms with van der Waals surface area (Å²) in [4.78, 5) is 23.7. The summed E-state index contributed by atoms with van der Waals surface area (Å²) in [5, 5.41) is 12.0. The van der Waals surface area contributed by atoms with Crippen molar-refractivity contribution < 1.29 is 19.4 Å². The fourth-order valence-electron chi connectivity index (χ4n) is 2.55. The number of carboxylic acid groups (broad SMARTS) is 1. The van der Waals surface area contributed by atoms with E-state index in [0.717, 1.165) is 11.1 Å². The highest BCUT2D eigenvalue weighted by Gasteiger charge is 2.19. The van der Waals surface area contributed by atoms with Gasteiger partial charge in [-0.05, 0) is 35.2 Å². The zero-order chi connectivity index (χ0) is 18.4. The number of rotatable bonds is 7. The Morgan fingerprint density at radius 1 is 1.08 bits per heavy atom. The molecular weight excluding hydrogens is 318 g/mol. The smallest absolute Gasteiger partial charge is 0.305 e. The lowest BCUT2D eigenvalue weighted by molar-refractivity contribution is -0.137. The minimum absolute atomic E-state index is 0.184. The first kappa shape index (κ1) is 18.5. The molecule has 0 heterocycles. The Hall–Kier alpha value is -2.82. The topological polar surface area (TPSA) is 75.6 Å². The van der Waals surface area contributed by atoms with Gasteiger partial charge in [-0.3, -0.25) is 9.59 Å². The Balaban J connectivity index is 2.21. The number of nitrogens with one attached hydrogen (secondary N) is 1. The molecule has 0 aliphatic carbocycles. The first-order chi connectivity index (χ1) is 11.9. The number of carbonyl (C=O) groups excluding carboxylic acids is 1. The molecule has 1 atom stereocenters. The second-order valence-corrected chi connectivity index (χ2v) is 6.18. The van der Waals surface area contributed by atoms with E-state index in [1.54, 1.807) is 24.3 Å². The van der Waals surface area contributed by atoms with Crippen LogP contribution in [0.1, 0.15) is 53.7 Å². The van der Waals surface area contributed by atoms with Crippen LogP contribution < -0.4 is 10.1 Å². The lowest BCUT2D eigenvalue weighted by Gasteiger charge is -2.18. The van der Waals surface area contributed by atoms with Crippen molar-refractivity contribution >= 4 is 11.9 Å². The molecule has 25 heavy (non-hydrogen) atoms. The maximum absolute atomic E-state index is 12.5. The van der Waals surface area contributed by atoms with Crippen LogP contribution in [0.5, 0.6) is 5.75 Å². The van der Waals surface area contributed by atoms with Gasteiger partial charge in [0.25, 0.3) is 5.91 Å². The van der Waals surface area contributed by atoms with E-state index in [4.69, 9.17) is 4.74 Å². The van der Waals surface area contributed by atoms with Crippen molar-refractivity contribution in [3.63, 3.8) is 0 Å². The van der Waals surface area contributed by atoms with Crippen LogP contribution in [-0.4, -0.2) is 24.1 Å². The highest BCUT2D eigenvalue weighted by Crippen LogP contribution is 2.22. The van der Waals surface area contributed by atoms with Crippen molar-refractivity contribution in [3.8, 4) is 5.75 Å². The molecule has 2 aromatic rings. The molecule has 2 N–H and O–H groups in total. The third-order valence-corrected chi connectivity index (χ3v) is 4.02. The number of benzene rings is 2. The van der Waals surface area contributed by atoms with Crippen LogP contribution in [-0.2, 0) is 4.79 Å². The average molecular weight is 341 g/mol. The fourth-order valence-corrected chi connectivity index (χ4v) is 2.55. The standard InChI is InChI=1S/C20H23NO4/c1-13(2)14-7-9-15(10-8-14)18(12-19(22)23)21-20(24)16-5-4-6-17(11-16)25-3/h4-11,13,18H,12H2,1-3H3,(H,21,24)(H,22,23)/t18-/m0/s1. The molecule has 5 heteroatoms. The molecule has 0 spiro atoms. The highest BCUT2D eigenvalue weighted by atomic mass is 16.5. The van der Waals surface area contributed by atoms with Gasteiger partial charge in [0.05, 0.1) is 19.6 Å². The fraction of sp³-hybridized carbons (Fsp3) is 0.300. The highest BCUT2D eigenvalue weighted by molar-refractivity contribution is 5.95. The summed E-state index contributed by atoms with van der Waals surface area (Å²) >= 11 is 0. The van der Waals surface area contributed by atoms with E-state index in [9.17, 15) is 14.7 Å². The number of ether oxygens (including phenoxy) is 1. The first-order valence-corrected chi connectivity index (χ1v) is 8.17. The van der Waals surface area contributed by atoms with Crippen LogP contribution in [0.25, 0.3) is 0 Å². The van der Waals surface area contributed by atoms with Crippen LogP contribution in [0.2, 0.25) is 0 Å². The second kappa shape index (κ2) is 8.33. The average Bonchev–Trinajstić information content (AvgIpc) is 2.60. The molecule has 0 aromatic heterocycles. The lowest BCUT2D eigenvalue weighted by atomic mass is 9.97. The number of methoxy groups -OCH3 is 1. The molecule has 0 bridgehead atoms. The number of aliphatic carboxylic acids is 1. The summed E-state index contributed by atoms with van der Waals surface area (Å²) in [6.07, 6.45) is -0.184. The maximum Gasteiger partial charge on any atom is 0.305 e. The van der Waals surface area contributed by atoms with Gasteiger partial charge in [0.15, 0.2) is 0 Å². The minimum Gasteiger partial charge on any atom is -0.497 e. The Morgan fingerprint density at radius 2 is 1.72 bits per heavy atom. The van der Waals surface area contributed by atoms with Gasteiger partial charge in [-0.15, -0.1) is 0 Å². The molecule has 5 nitrogen and oxygen atoms in total. The van der Waals surface area contributed by atoms with E-state index in [1.165, 1.54) is 7.11 Å². The van der Waals surface area contributed by atoms with Crippen LogP contribution in [0.3, 0.4) is 0 Å². The Bertz CT molecular complexity index is 738. The molecule has 132 valence electrons. The molecule has 0 fully saturated rings. The van der Waals surface area contributed by atoms with E-state index in [1.807, 2.05) is 24.3 Å². The van der Waals surface area contributed by atoms with E-state index in [-0.39, 0.29) is 12.3 Å². The predicted octanol–water partition coefficient (Wildman–Crippen LogP) is 3.76. The largest absolute Gasteiger partial charge is 0.497 e. The number of hydrogen-bond acceptors (Lipinski definition) is 3. The van der Waals surface area contributed by atoms with Crippen molar-refractivity contribution in [2.45, 2.75) is 32.2 Å². The number of carboxylic acids is 1. The van der Waals surface area contributed by atoms with E-state index >= 15 is 0 Å².